The van der Waals surface area contributed by atoms with Gasteiger partial charge in [0.1, 0.15) is 12.4 Å². The Morgan fingerprint density at radius 2 is 2.22 bits per heavy atom. The van der Waals surface area contributed by atoms with Crippen molar-refractivity contribution < 1.29 is 4.74 Å². The monoisotopic (exact) mass is 244 g/mol. The van der Waals surface area contributed by atoms with E-state index in [4.69, 9.17) is 10.00 Å². The third kappa shape index (κ3) is 3.02. The van der Waals surface area contributed by atoms with Gasteiger partial charge in [0.25, 0.3) is 0 Å². The van der Waals surface area contributed by atoms with Crippen LogP contribution in [0.4, 0.5) is 0 Å². The van der Waals surface area contributed by atoms with Crippen LogP contribution in [0.5, 0.6) is 5.75 Å². The van der Waals surface area contributed by atoms with Crippen molar-refractivity contribution in [1.29, 1.82) is 5.26 Å². The summed E-state index contributed by atoms with van der Waals surface area (Å²) in [4.78, 5) is 0. The molecule has 0 bridgehead atoms. The molecule has 18 heavy (non-hydrogen) atoms. The summed E-state index contributed by atoms with van der Waals surface area (Å²) in [7, 11) is 0. The largest absolute Gasteiger partial charge is 0.491 e. The second kappa shape index (κ2) is 5.41. The van der Waals surface area contributed by atoms with Crippen LogP contribution in [-0.2, 0) is 0 Å². The molecule has 2 rings (SSSR count). The van der Waals surface area contributed by atoms with Crippen LogP contribution in [-0.4, -0.2) is 13.2 Å². The molecule has 3 heteroatoms. The third-order valence-electron chi connectivity index (χ3n) is 3.44. The number of nitrogens with zero attached hydrogens (tertiary/aromatic N) is 1. The highest BCUT2D eigenvalue weighted by molar-refractivity contribution is 5.39. The zero-order valence-corrected chi connectivity index (χ0v) is 11.1. The Hall–Kier alpha value is -1.53. The fourth-order valence-electron chi connectivity index (χ4n) is 2.21. The fourth-order valence-corrected chi connectivity index (χ4v) is 2.21. The highest BCUT2D eigenvalue weighted by Crippen LogP contribution is 2.32. The molecule has 1 aliphatic rings. The van der Waals surface area contributed by atoms with Crippen molar-refractivity contribution in [2.45, 2.75) is 32.7 Å². The number of hydrogen-bond donors (Lipinski definition) is 1. The Bertz CT molecular complexity index is 448. The van der Waals surface area contributed by atoms with Gasteiger partial charge in [0.15, 0.2) is 0 Å². The molecule has 0 aliphatic carbocycles. The molecular formula is C15H20N2O. The van der Waals surface area contributed by atoms with E-state index in [2.05, 4.69) is 31.3 Å². The lowest BCUT2D eigenvalue weighted by Crippen LogP contribution is -2.33. The molecule has 1 aromatic carbocycles. The van der Waals surface area contributed by atoms with Gasteiger partial charge in [-0.15, -0.1) is 0 Å². The van der Waals surface area contributed by atoms with Crippen molar-refractivity contribution in [2.24, 2.45) is 5.41 Å². The van der Waals surface area contributed by atoms with Gasteiger partial charge in [0.05, 0.1) is 12.1 Å². The molecule has 1 aliphatic heterocycles. The maximum atomic E-state index is 8.65. The van der Waals surface area contributed by atoms with Crippen LogP contribution in [0.1, 0.15) is 38.3 Å². The van der Waals surface area contributed by atoms with Crippen LogP contribution in [0.2, 0.25) is 0 Å². The molecule has 1 N–H and O–H groups in total. The van der Waals surface area contributed by atoms with E-state index < -0.39 is 0 Å². The molecule has 0 saturated carbocycles. The normalized spacial score (nSPS) is 17.9. The molecular weight excluding hydrogens is 224 g/mol. The Balaban J connectivity index is 1.91. The molecule has 3 nitrogen and oxygen atoms in total. The second-order valence-corrected chi connectivity index (χ2v) is 5.60. The molecule has 0 fully saturated rings. The van der Waals surface area contributed by atoms with Crippen molar-refractivity contribution in [1.82, 2.24) is 5.32 Å². The quantitative estimate of drug-likeness (QED) is 0.866. The van der Waals surface area contributed by atoms with Crippen LogP contribution in [0, 0.1) is 16.7 Å². The van der Waals surface area contributed by atoms with Gasteiger partial charge in [-0.3, -0.25) is 0 Å². The second-order valence-electron chi connectivity index (χ2n) is 5.60. The first-order valence-electron chi connectivity index (χ1n) is 6.44. The van der Waals surface area contributed by atoms with Gasteiger partial charge in [0, 0.05) is 18.5 Å². The maximum Gasteiger partial charge on any atom is 0.124 e. The number of nitriles is 1. The Morgan fingerprint density at radius 3 is 3.00 bits per heavy atom. The topological polar surface area (TPSA) is 45.0 Å². The van der Waals surface area contributed by atoms with E-state index >= 15 is 0 Å². The standard InChI is InChI=1S/C15H20N2O/c1-15(2,8-5-9-16)11-17-13-10-18-14-7-4-3-6-12(13)14/h3-4,6-7,13,17H,5,8,10-11H2,1-2H3. The molecule has 1 atom stereocenters. The van der Waals surface area contributed by atoms with Gasteiger partial charge in [-0.2, -0.15) is 5.26 Å². The lowest BCUT2D eigenvalue weighted by molar-refractivity contribution is 0.266. The van der Waals surface area contributed by atoms with Gasteiger partial charge >= 0.3 is 0 Å². The van der Waals surface area contributed by atoms with E-state index in [1.54, 1.807) is 0 Å². The molecule has 96 valence electrons. The average molecular weight is 244 g/mol. The summed E-state index contributed by atoms with van der Waals surface area (Å²) in [5.41, 5.74) is 1.39. The van der Waals surface area contributed by atoms with Crippen molar-refractivity contribution >= 4 is 0 Å². The van der Waals surface area contributed by atoms with E-state index in [1.807, 2.05) is 18.2 Å². The van der Waals surface area contributed by atoms with Gasteiger partial charge in [-0.25, -0.2) is 0 Å². The summed E-state index contributed by atoms with van der Waals surface area (Å²) < 4.78 is 5.64. The zero-order valence-electron chi connectivity index (χ0n) is 11.1. The minimum atomic E-state index is 0.146. The summed E-state index contributed by atoms with van der Waals surface area (Å²) in [6, 6.07) is 10.7. The number of rotatable bonds is 5. The summed E-state index contributed by atoms with van der Waals surface area (Å²) >= 11 is 0. The molecule has 1 unspecified atom stereocenters. The lowest BCUT2D eigenvalue weighted by Gasteiger charge is -2.25. The number of benzene rings is 1. The predicted molar refractivity (Wildman–Crippen MR) is 71.3 cm³/mol. The van der Waals surface area contributed by atoms with Crippen LogP contribution < -0.4 is 10.1 Å². The highest BCUT2D eigenvalue weighted by atomic mass is 16.5. The summed E-state index contributed by atoms with van der Waals surface area (Å²) in [6.45, 7) is 5.99. The van der Waals surface area contributed by atoms with Crippen molar-refractivity contribution in [2.75, 3.05) is 13.2 Å². The SMILES string of the molecule is CC(C)(CCC#N)CNC1COc2ccccc21. The summed E-state index contributed by atoms with van der Waals surface area (Å²) in [5, 5.41) is 12.2. The first kappa shape index (κ1) is 12.9. The Labute approximate surface area is 109 Å². The predicted octanol–water partition coefficient (Wildman–Crippen LogP) is 3.04. The molecule has 0 saturated heterocycles. The van der Waals surface area contributed by atoms with Crippen molar-refractivity contribution in [3.63, 3.8) is 0 Å². The Kier molecular flexibility index (Phi) is 3.88. The van der Waals surface area contributed by atoms with Gasteiger partial charge in [0.2, 0.25) is 0 Å². The van der Waals surface area contributed by atoms with E-state index in [-0.39, 0.29) is 11.5 Å². The highest BCUT2D eigenvalue weighted by Gasteiger charge is 2.25. The first-order valence-corrected chi connectivity index (χ1v) is 6.44. The van der Waals surface area contributed by atoms with E-state index in [0.717, 1.165) is 18.7 Å². The molecule has 0 amide bonds. The number of fused-ring (bicyclic) bond motifs is 1. The van der Waals surface area contributed by atoms with Gasteiger partial charge in [-0.05, 0) is 17.9 Å². The van der Waals surface area contributed by atoms with Gasteiger partial charge < -0.3 is 10.1 Å². The smallest absolute Gasteiger partial charge is 0.124 e. The molecule has 0 aromatic heterocycles. The molecule has 0 radical (unpaired) electrons. The number of nitrogens with one attached hydrogen (secondary N) is 1. The van der Waals surface area contributed by atoms with Gasteiger partial charge in [-0.1, -0.05) is 32.0 Å². The van der Waals surface area contributed by atoms with E-state index in [1.165, 1.54) is 5.56 Å². The van der Waals surface area contributed by atoms with Crippen molar-refractivity contribution in [3.8, 4) is 11.8 Å². The molecule has 1 heterocycles. The lowest BCUT2D eigenvalue weighted by atomic mass is 9.87. The third-order valence-corrected chi connectivity index (χ3v) is 3.44. The Morgan fingerprint density at radius 1 is 1.44 bits per heavy atom. The summed E-state index contributed by atoms with van der Waals surface area (Å²) in [5.74, 6) is 0.991. The van der Waals surface area contributed by atoms with Crippen molar-refractivity contribution in [3.05, 3.63) is 29.8 Å². The summed E-state index contributed by atoms with van der Waals surface area (Å²) in [6.07, 6.45) is 1.54. The van der Waals surface area contributed by atoms with E-state index in [0.29, 0.717) is 13.0 Å². The zero-order chi connectivity index (χ0) is 13.0. The molecule has 1 aromatic rings. The average Bonchev–Trinajstić information content (AvgIpc) is 2.78. The minimum absolute atomic E-state index is 0.146. The number of ether oxygens (including phenoxy) is 1. The number of para-hydroxylation sites is 1. The first-order chi connectivity index (χ1) is 8.62. The maximum absolute atomic E-state index is 8.65. The van der Waals surface area contributed by atoms with Crippen LogP contribution in [0.3, 0.4) is 0 Å². The van der Waals surface area contributed by atoms with Crippen LogP contribution in [0.25, 0.3) is 0 Å². The van der Waals surface area contributed by atoms with Crippen LogP contribution in [0.15, 0.2) is 24.3 Å². The molecule has 0 spiro atoms. The van der Waals surface area contributed by atoms with Crippen LogP contribution >= 0.6 is 0 Å². The van der Waals surface area contributed by atoms with E-state index in [9.17, 15) is 0 Å². The number of hydrogen-bond acceptors (Lipinski definition) is 3. The fraction of sp³-hybridized carbons (Fsp3) is 0.533. The minimum Gasteiger partial charge on any atom is -0.491 e.